The molecule has 29 heavy (non-hydrogen) atoms. The highest BCUT2D eigenvalue weighted by Crippen LogP contribution is 2.35. The largest absolute Gasteiger partial charge is 0.460 e. The van der Waals surface area contributed by atoms with Gasteiger partial charge in [-0.15, -0.1) is 0 Å². The van der Waals surface area contributed by atoms with Crippen molar-refractivity contribution in [3.63, 3.8) is 0 Å². The second kappa shape index (κ2) is 7.04. The van der Waals surface area contributed by atoms with Gasteiger partial charge >= 0.3 is 5.97 Å². The van der Waals surface area contributed by atoms with Crippen LogP contribution in [0.15, 0.2) is 29.1 Å². The number of cyclic esters (lactones) is 1. The Kier molecular flexibility index (Phi) is 4.66. The number of ether oxygens (including phenoxy) is 1. The third-order valence-corrected chi connectivity index (χ3v) is 5.04. The van der Waals surface area contributed by atoms with Crippen molar-refractivity contribution >= 4 is 16.9 Å². The summed E-state index contributed by atoms with van der Waals surface area (Å²) in [6.07, 6.45) is -1.39. The number of hydrogen-bond acceptors (Lipinski definition) is 5. The number of aliphatic hydroxyl groups excluding tert-OH is 1. The number of pyridine rings is 2. The van der Waals surface area contributed by atoms with Crippen LogP contribution in [0.1, 0.15) is 43.1 Å². The Bertz CT molecular complexity index is 1220. The quantitative estimate of drug-likeness (QED) is 0.459. The fourth-order valence-electron chi connectivity index (χ4n) is 3.71. The molecule has 2 aliphatic heterocycles. The van der Waals surface area contributed by atoms with Gasteiger partial charge in [0.2, 0.25) is 0 Å². The fraction of sp³-hybridized carbons (Fsp3) is 0.286. The van der Waals surface area contributed by atoms with Crippen LogP contribution < -0.4 is 5.56 Å². The van der Waals surface area contributed by atoms with E-state index in [-0.39, 0.29) is 36.2 Å². The van der Waals surface area contributed by atoms with Gasteiger partial charge < -0.3 is 14.4 Å². The number of nitrogens with zero attached hydrogens (tertiary/aromatic N) is 2. The van der Waals surface area contributed by atoms with E-state index >= 15 is 0 Å². The minimum Gasteiger partial charge on any atom is -0.460 e. The number of aromatic nitrogens is 2. The SMILES string of the molecule is CC.O=C1CC(O)c2cc3n(c(=O)c2CO1)Cc1cc2cc(F)c(F)cc2nc1-3. The summed E-state index contributed by atoms with van der Waals surface area (Å²) in [5.41, 5.74) is 2.07. The predicted molar refractivity (Wildman–Crippen MR) is 101 cm³/mol. The van der Waals surface area contributed by atoms with Crippen molar-refractivity contribution in [2.45, 2.75) is 39.5 Å². The second-order valence-corrected chi connectivity index (χ2v) is 6.69. The molecule has 0 fully saturated rings. The van der Waals surface area contributed by atoms with E-state index in [0.29, 0.717) is 27.9 Å². The zero-order valence-electron chi connectivity index (χ0n) is 15.8. The molecule has 1 N–H and O–H groups in total. The van der Waals surface area contributed by atoms with Crippen LogP contribution in [0.5, 0.6) is 0 Å². The van der Waals surface area contributed by atoms with Crippen LogP contribution in [0.2, 0.25) is 0 Å². The van der Waals surface area contributed by atoms with Crippen LogP contribution in [-0.2, 0) is 22.7 Å². The first kappa shape index (κ1) is 19.2. The lowest BCUT2D eigenvalue weighted by Gasteiger charge is -2.13. The number of rotatable bonds is 0. The molecule has 1 atom stereocenters. The molecule has 2 aliphatic rings. The van der Waals surface area contributed by atoms with E-state index < -0.39 is 23.7 Å². The molecular weight excluding hydrogens is 382 g/mol. The van der Waals surface area contributed by atoms with Gasteiger partial charge in [-0.2, -0.15) is 0 Å². The molecule has 6 nitrogen and oxygen atoms in total. The van der Waals surface area contributed by atoms with Crippen molar-refractivity contribution in [3.8, 4) is 11.4 Å². The van der Waals surface area contributed by atoms with E-state index in [4.69, 9.17) is 4.74 Å². The molecule has 0 saturated heterocycles. The number of aliphatic hydroxyl groups is 1. The Morgan fingerprint density at radius 1 is 1.14 bits per heavy atom. The highest BCUT2D eigenvalue weighted by molar-refractivity contribution is 5.84. The third kappa shape index (κ3) is 3.00. The van der Waals surface area contributed by atoms with E-state index in [1.54, 1.807) is 12.1 Å². The number of esters is 1. The molecule has 0 amide bonds. The Morgan fingerprint density at radius 3 is 2.62 bits per heavy atom. The van der Waals surface area contributed by atoms with Crippen molar-refractivity contribution in [3.05, 3.63) is 62.9 Å². The van der Waals surface area contributed by atoms with Gasteiger partial charge in [-0.3, -0.25) is 9.59 Å². The standard InChI is InChI=1S/C19H12F2N2O4.C2H6/c20-12-2-8-1-9-6-23-15(18(9)22-14(8)4-13(12)21)3-10-11(19(23)26)7-27-17(25)5-16(10)24;1-2/h1-4,16,24H,5-7H2;1-2H3. The minimum atomic E-state index is -1.15. The van der Waals surface area contributed by atoms with Gasteiger partial charge in [0.05, 0.1) is 41.5 Å². The molecular formula is C21H18F2N2O4. The van der Waals surface area contributed by atoms with Gasteiger partial charge in [0.1, 0.15) is 6.61 Å². The summed E-state index contributed by atoms with van der Waals surface area (Å²) >= 11 is 0. The molecule has 5 rings (SSSR count). The lowest BCUT2D eigenvalue weighted by molar-refractivity contribution is -0.146. The van der Waals surface area contributed by atoms with Gasteiger partial charge in [-0.25, -0.2) is 13.8 Å². The maximum absolute atomic E-state index is 13.6. The van der Waals surface area contributed by atoms with Crippen molar-refractivity contribution in [1.82, 2.24) is 9.55 Å². The summed E-state index contributed by atoms with van der Waals surface area (Å²) in [5, 5.41) is 10.7. The third-order valence-electron chi connectivity index (χ3n) is 5.04. The van der Waals surface area contributed by atoms with Crippen LogP contribution in [-0.4, -0.2) is 20.6 Å². The average molecular weight is 400 g/mol. The highest BCUT2D eigenvalue weighted by Gasteiger charge is 2.30. The first-order chi connectivity index (χ1) is 13.9. The molecule has 0 spiro atoms. The first-order valence-electron chi connectivity index (χ1n) is 9.31. The lowest BCUT2D eigenvalue weighted by atomic mass is 10.0. The Balaban J connectivity index is 0.000000994. The average Bonchev–Trinajstić information content (AvgIpc) is 2.98. The summed E-state index contributed by atoms with van der Waals surface area (Å²) in [5.74, 6) is -2.54. The molecule has 1 unspecified atom stereocenters. The van der Waals surface area contributed by atoms with E-state index in [2.05, 4.69) is 4.98 Å². The van der Waals surface area contributed by atoms with E-state index in [1.165, 1.54) is 4.57 Å². The molecule has 4 heterocycles. The summed E-state index contributed by atoms with van der Waals surface area (Å²) in [7, 11) is 0. The smallest absolute Gasteiger partial charge is 0.309 e. The van der Waals surface area contributed by atoms with Gasteiger partial charge in [0.15, 0.2) is 11.6 Å². The highest BCUT2D eigenvalue weighted by atomic mass is 19.2. The van der Waals surface area contributed by atoms with Gasteiger partial charge in [0.25, 0.3) is 5.56 Å². The summed E-state index contributed by atoms with van der Waals surface area (Å²) in [6, 6.07) is 5.38. The van der Waals surface area contributed by atoms with Gasteiger partial charge in [0, 0.05) is 17.0 Å². The molecule has 0 bridgehead atoms. The predicted octanol–water partition coefficient (Wildman–Crippen LogP) is 3.21. The summed E-state index contributed by atoms with van der Waals surface area (Å²) in [6.45, 7) is 4.01. The van der Waals surface area contributed by atoms with Crippen molar-refractivity contribution in [1.29, 1.82) is 0 Å². The number of carbonyl (C=O) groups is 1. The molecule has 0 aliphatic carbocycles. The number of hydrogen-bond donors (Lipinski definition) is 1. The molecule has 8 heteroatoms. The maximum atomic E-state index is 13.6. The number of halogens is 2. The molecule has 0 saturated carbocycles. The summed E-state index contributed by atoms with van der Waals surface area (Å²) in [4.78, 5) is 28.9. The monoisotopic (exact) mass is 400 g/mol. The minimum absolute atomic E-state index is 0.202. The first-order valence-corrected chi connectivity index (χ1v) is 9.31. The zero-order valence-corrected chi connectivity index (χ0v) is 15.8. The zero-order chi connectivity index (χ0) is 20.9. The van der Waals surface area contributed by atoms with Crippen molar-refractivity contribution < 1.29 is 23.4 Å². The van der Waals surface area contributed by atoms with E-state index in [1.807, 2.05) is 13.8 Å². The Morgan fingerprint density at radius 2 is 1.86 bits per heavy atom. The normalized spacial score (nSPS) is 16.9. The molecule has 150 valence electrons. The molecule has 3 aromatic rings. The maximum Gasteiger partial charge on any atom is 0.309 e. The molecule has 2 aromatic heterocycles. The van der Waals surface area contributed by atoms with Gasteiger partial charge in [-0.1, -0.05) is 13.8 Å². The number of fused-ring (bicyclic) bond motifs is 5. The molecule has 0 radical (unpaired) electrons. The van der Waals surface area contributed by atoms with Crippen LogP contribution in [0.4, 0.5) is 8.78 Å². The fourth-order valence-corrected chi connectivity index (χ4v) is 3.71. The van der Waals surface area contributed by atoms with Crippen molar-refractivity contribution in [2.24, 2.45) is 0 Å². The summed E-state index contributed by atoms with van der Waals surface area (Å²) < 4.78 is 33.5. The van der Waals surface area contributed by atoms with Crippen LogP contribution >= 0.6 is 0 Å². The Hall–Kier alpha value is -3.13. The Labute approximate surface area is 164 Å². The van der Waals surface area contributed by atoms with E-state index in [9.17, 15) is 23.5 Å². The topological polar surface area (TPSA) is 81.4 Å². The lowest BCUT2D eigenvalue weighted by Crippen LogP contribution is -2.25. The number of carbonyl (C=O) groups excluding carboxylic acids is 1. The van der Waals surface area contributed by atoms with Gasteiger partial charge in [-0.05, 0) is 23.8 Å². The van der Waals surface area contributed by atoms with Crippen LogP contribution in [0.25, 0.3) is 22.3 Å². The molecule has 1 aromatic carbocycles. The van der Waals surface area contributed by atoms with E-state index in [0.717, 1.165) is 12.1 Å². The number of benzene rings is 1. The van der Waals surface area contributed by atoms with Crippen molar-refractivity contribution in [2.75, 3.05) is 0 Å². The van der Waals surface area contributed by atoms with Crippen LogP contribution in [0.3, 0.4) is 0 Å². The van der Waals surface area contributed by atoms with Crippen LogP contribution in [0, 0.1) is 11.6 Å². The second-order valence-electron chi connectivity index (χ2n) is 6.69.